The van der Waals surface area contributed by atoms with Crippen LogP contribution in [0.5, 0.6) is 0 Å². The van der Waals surface area contributed by atoms with Crippen molar-refractivity contribution >= 4 is 11.6 Å². The molecule has 0 saturated carbocycles. The van der Waals surface area contributed by atoms with Gasteiger partial charge in [-0.05, 0) is 18.4 Å². The lowest BCUT2D eigenvalue weighted by molar-refractivity contribution is 0.944. The Morgan fingerprint density at radius 2 is 1.65 bits per heavy atom. The molecule has 0 fully saturated rings. The lowest BCUT2D eigenvalue weighted by Gasteiger charge is -2.14. The number of rotatable bonds is 7. The van der Waals surface area contributed by atoms with E-state index in [2.05, 4.69) is 46.6 Å². The van der Waals surface area contributed by atoms with Gasteiger partial charge in [0.2, 0.25) is 0 Å². The zero-order valence-electron chi connectivity index (χ0n) is 12.2. The Kier molecular flexibility index (Phi) is 5.35. The van der Waals surface area contributed by atoms with Crippen molar-refractivity contribution < 1.29 is 0 Å². The fraction of sp³-hybridized carbons (Fsp3) is 0.375. The van der Waals surface area contributed by atoms with Crippen LogP contribution in [0.1, 0.15) is 31.4 Å². The maximum Gasteiger partial charge on any atom is 0.134 e. The lowest BCUT2D eigenvalue weighted by Crippen LogP contribution is -2.10. The molecule has 0 saturated heterocycles. The highest BCUT2D eigenvalue weighted by Crippen LogP contribution is 2.21. The molecule has 2 rings (SSSR count). The predicted octanol–water partition coefficient (Wildman–Crippen LogP) is 3.47. The first-order valence-electron chi connectivity index (χ1n) is 7.20. The third kappa shape index (κ3) is 3.70. The zero-order chi connectivity index (χ0) is 14.2. The van der Waals surface area contributed by atoms with Gasteiger partial charge in [0.15, 0.2) is 0 Å². The third-order valence-corrected chi connectivity index (χ3v) is 3.14. The Morgan fingerprint density at radius 3 is 2.30 bits per heavy atom. The number of benzene rings is 1. The van der Waals surface area contributed by atoms with E-state index in [4.69, 9.17) is 0 Å². The van der Waals surface area contributed by atoms with E-state index in [1.807, 2.05) is 18.2 Å². The molecule has 2 aromatic rings. The average molecular weight is 270 g/mol. The highest BCUT2D eigenvalue weighted by atomic mass is 15.1. The van der Waals surface area contributed by atoms with Crippen LogP contribution in [0.25, 0.3) is 0 Å². The molecule has 0 aliphatic rings. The van der Waals surface area contributed by atoms with E-state index in [0.717, 1.165) is 43.1 Å². The Balaban J connectivity index is 2.10. The van der Waals surface area contributed by atoms with Crippen LogP contribution in [0.2, 0.25) is 0 Å². The van der Waals surface area contributed by atoms with Crippen LogP contribution in [0, 0.1) is 0 Å². The van der Waals surface area contributed by atoms with Crippen molar-refractivity contribution in [3.63, 3.8) is 0 Å². The van der Waals surface area contributed by atoms with E-state index in [1.165, 1.54) is 5.56 Å². The second kappa shape index (κ2) is 7.48. The van der Waals surface area contributed by atoms with Crippen molar-refractivity contribution in [2.24, 2.45) is 0 Å². The smallest absolute Gasteiger partial charge is 0.134 e. The Bertz CT molecular complexity index is 525. The molecule has 0 amide bonds. The van der Waals surface area contributed by atoms with Crippen molar-refractivity contribution in [3.8, 4) is 0 Å². The molecular weight excluding hydrogens is 248 g/mol. The minimum Gasteiger partial charge on any atom is -0.370 e. The summed E-state index contributed by atoms with van der Waals surface area (Å²) < 4.78 is 0. The molecule has 2 N–H and O–H groups in total. The summed E-state index contributed by atoms with van der Waals surface area (Å²) in [7, 11) is 0. The first-order valence-corrected chi connectivity index (χ1v) is 7.20. The van der Waals surface area contributed by atoms with Gasteiger partial charge in [0.25, 0.3) is 0 Å². The molecule has 0 radical (unpaired) electrons. The summed E-state index contributed by atoms with van der Waals surface area (Å²) in [6.07, 6.45) is 3.61. The zero-order valence-corrected chi connectivity index (χ0v) is 12.2. The number of nitrogens with zero attached hydrogens (tertiary/aromatic N) is 2. The van der Waals surface area contributed by atoms with E-state index >= 15 is 0 Å². The van der Waals surface area contributed by atoms with Crippen molar-refractivity contribution in [1.82, 2.24) is 9.97 Å². The minimum absolute atomic E-state index is 0.776. The quantitative estimate of drug-likeness (QED) is 0.809. The van der Waals surface area contributed by atoms with E-state index in [9.17, 15) is 0 Å². The average Bonchev–Trinajstić information content (AvgIpc) is 2.51. The standard InChI is InChI=1S/C16H22N4/c1-3-10-17-15-14(4-2)16(20-12-19-15)18-11-13-8-6-5-7-9-13/h5-9,12H,3-4,10-11H2,1-2H3,(H2,17,18,19,20). The van der Waals surface area contributed by atoms with Gasteiger partial charge in [0, 0.05) is 18.7 Å². The van der Waals surface area contributed by atoms with Gasteiger partial charge >= 0.3 is 0 Å². The van der Waals surface area contributed by atoms with Gasteiger partial charge < -0.3 is 10.6 Å². The molecule has 1 aromatic heterocycles. The molecule has 0 bridgehead atoms. The summed E-state index contributed by atoms with van der Waals surface area (Å²) in [6, 6.07) is 10.3. The molecule has 106 valence electrons. The second-order valence-corrected chi connectivity index (χ2v) is 4.67. The fourth-order valence-electron chi connectivity index (χ4n) is 2.08. The maximum absolute atomic E-state index is 4.37. The minimum atomic E-state index is 0.776. The monoisotopic (exact) mass is 270 g/mol. The lowest BCUT2D eigenvalue weighted by atomic mass is 10.2. The van der Waals surface area contributed by atoms with Crippen molar-refractivity contribution in [3.05, 3.63) is 47.8 Å². The van der Waals surface area contributed by atoms with Gasteiger partial charge in [-0.15, -0.1) is 0 Å². The van der Waals surface area contributed by atoms with Gasteiger partial charge in [-0.3, -0.25) is 0 Å². The first-order chi connectivity index (χ1) is 9.85. The topological polar surface area (TPSA) is 49.8 Å². The van der Waals surface area contributed by atoms with Gasteiger partial charge in [0.05, 0.1) is 0 Å². The summed E-state index contributed by atoms with van der Waals surface area (Å²) in [5.74, 6) is 1.87. The van der Waals surface area contributed by atoms with Crippen LogP contribution in [0.4, 0.5) is 11.6 Å². The Hall–Kier alpha value is -2.10. The van der Waals surface area contributed by atoms with Crippen LogP contribution in [0.15, 0.2) is 36.7 Å². The molecule has 1 aromatic carbocycles. The Morgan fingerprint density at radius 1 is 0.950 bits per heavy atom. The second-order valence-electron chi connectivity index (χ2n) is 4.67. The van der Waals surface area contributed by atoms with E-state index in [1.54, 1.807) is 6.33 Å². The van der Waals surface area contributed by atoms with Gasteiger partial charge in [-0.25, -0.2) is 9.97 Å². The molecule has 0 atom stereocenters. The largest absolute Gasteiger partial charge is 0.370 e. The highest BCUT2D eigenvalue weighted by molar-refractivity contribution is 5.57. The molecule has 0 aliphatic heterocycles. The summed E-state index contributed by atoms with van der Waals surface area (Å²) in [5, 5.41) is 6.77. The first kappa shape index (κ1) is 14.3. The normalized spacial score (nSPS) is 10.3. The number of hydrogen-bond acceptors (Lipinski definition) is 4. The molecule has 1 heterocycles. The molecular formula is C16H22N4. The molecule has 4 nitrogen and oxygen atoms in total. The molecule has 0 unspecified atom stereocenters. The highest BCUT2D eigenvalue weighted by Gasteiger charge is 2.08. The van der Waals surface area contributed by atoms with Gasteiger partial charge in [-0.1, -0.05) is 44.2 Å². The van der Waals surface area contributed by atoms with Crippen LogP contribution in [-0.2, 0) is 13.0 Å². The van der Waals surface area contributed by atoms with Crippen LogP contribution in [-0.4, -0.2) is 16.5 Å². The number of nitrogens with one attached hydrogen (secondary N) is 2. The summed E-state index contributed by atoms with van der Waals surface area (Å²) >= 11 is 0. The van der Waals surface area contributed by atoms with E-state index in [-0.39, 0.29) is 0 Å². The number of hydrogen-bond donors (Lipinski definition) is 2. The summed E-state index contributed by atoms with van der Waals surface area (Å²) in [4.78, 5) is 8.71. The molecule has 4 heteroatoms. The maximum atomic E-state index is 4.37. The van der Waals surface area contributed by atoms with Crippen molar-refractivity contribution in [2.75, 3.05) is 17.2 Å². The summed E-state index contributed by atoms with van der Waals surface area (Å²) in [6.45, 7) is 5.98. The van der Waals surface area contributed by atoms with Crippen molar-refractivity contribution in [1.29, 1.82) is 0 Å². The molecule has 20 heavy (non-hydrogen) atoms. The van der Waals surface area contributed by atoms with Crippen LogP contribution >= 0.6 is 0 Å². The summed E-state index contributed by atoms with van der Waals surface area (Å²) in [5.41, 5.74) is 2.40. The SMILES string of the molecule is CCCNc1ncnc(NCc2ccccc2)c1CC. The molecule has 0 aliphatic carbocycles. The fourth-order valence-corrected chi connectivity index (χ4v) is 2.08. The van der Waals surface area contributed by atoms with E-state index < -0.39 is 0 Å². The van der Waals surface area contributed by atoms with Crippen LogP contribution in [0.3, 0.4) is 0 Å². The van der Waals surface area contributed by atoms with Gasteiger partial charge in [-0.2, -0.15) is 0 Å². The number of anilines is 2. The Labute approximate surface area is 120 Å². The van der Waals surface area contributed by atoms with Crippen molar-refractivity contribution in [2.45, 2.75) is 33.2 Å². The third-order valence-electron chi connectivity index (χ3n) is 3.14. The van der Waals surface area contributed by atoms with E-state index in [0.29, 0.717) is 0 Å². The number of aromatic nitrogens is 2. The van der Waals surface area contributed by atoms with Gasteiger partial charge in [0.1, 0.15) is 18.0 Å². The predicted molar refractivity (Wildman–Crippen MR) is 84.0 cm³/mol. The molecule has 0 spiro atoms. The van der Waals surface area contributed by atoms with Crippen LogP contribution < -0.4 is 10.6 Å².